The molecule has 6 nitrogen and oxygen atoms in total. The largest absolute Gasteiger partial charge is 0.496 e. The zero-order valence-electron chi connectivity index (χ0n) is 11.4. The molecule has 1 heterocycles. The number of nitrogens with zero attached hydrogens (tertiary/aromatic N) is 2. The lowest BCUT2D eigenvalue weighted by molar-refractivity contribution is -0.384. The van der Waals surface area contributed by atoms with E-state index in [4.69, 9.17) is 4.74 Å². The Morgan fingerprint density at radius 1 is 1.55 bits per heavy atom. The first-order valence-corrected chi connectivity index (χ1v) is 6.64. The summed E-state index contributed by atoms with van der Waals surface area (Å²) in [5.74, 6) is 0.874. The van der Waals surface area contributed by atoms with Crippen molar-refractivity contribution < 1.29 is 14.5 Å². The van der Waals surface area contributed by atoms with Crippen LogP contribution < -0.4 is 4.74 Å². The van der Waals surface area contributed by atoms with E-state index in [0.29, 0.717) is 18.1 Å². The Labute approximate surface area is 117 Å². The number of nitro groups is 1. The maximum atomic E-state index is 10.8. The van der Waals surface area contributed by atoms with E-state index < -0.39 is 4.92 Å². The van der Waals surface area contributed by atoms with Crippen LogP contribution >= 0.6 is 0 Å². The number of non-ortho nitro benzene ring substituents is 1. The molecule has 2 rings (SSSR count). The standard InChI is InChI=1S/C14H18N2O4/c1-20-14-9-12(16(18)19)3-4-13(14)11-5-7-15(10-11)6-2-8-17/h3-4,8-9,11H,2,5-7,10H2,1H3. The number of rotatable bonds is 6. The minimum atomic E-state index is -0.419. The predicted molar refractivity (Wildman–Crippen MR) is 74.1 cm³/mol. The number of nitro benzene ring substituents is 1. The van der Waals surface area contributed by atoms with E-state index in [1.165, 1.54) is 19.2 Å². The molecule has 0 radical (unpaired) electrons. The van der Waals surface area contributed by atoms with Gasteiger partial charge in [0.15, 0.2) is 0 Å². The topological polar surface area (TPSA) is 72.7 Å². The van der Waals surface area contributed by atoms with Crippen molar-refractivity contribution in [1.82, 2.24) is 4.90 Å². The number of aldehydes is 1. The molecule has 0 aliphatic carbocycles. The van der Waals surface area contributed by atoms with Gasteiger partial charge in [-0.25, -0.2) is 0 Å². The molecule has 1 fully saturated rings. The fraction of sp³-hybridized carbons (Fsp3) is 0.500. The lowest BCUT2D eigenvalue weighted by Crippen LogP contribution is -2.21. The van der Waals surface area contributed by atoms with Crippen LogP contribution in [0.1, 0.15) is 24.3 Å². The number of likely N-dealkylation sites (tertiary alicyclic amines) is 1. The monoisotopic (exact) mass is 278 g/mol. The first-order chi connectivity index (χ1) is 9.65. The minimum Gasteiger partial charge on any atom is -0.496 e. The van der Waals surface area contributed by atoms with Crippen molar-refractivity contribution in [2.75, 3.05) is 26.7 Å². The van der Waals surface area contributed by atoms with Gasteiger partial charge in [-0.05, 0) is 24.6 Å². The van der Waals surface area contributed by atoms with Crippen LogP contribution in [0.3, 0.4) is 0 Å². The summed E-state index contributed by atoms with van der Waals surface area (Å²) >= 11 is 0. The minimum absolute atomic E-state index is 0.0430. The van der Waals surface area contributed by atoms with Crippen molar-refractivity contribution >= 4 is 12.0 Å². The van der Waals surface area contributed by atoms with Crippen LogP contribution in [0, 0.1) is 10.1 Å². The second-order valence-corrected chi connectivity index (χ2v) is 4.92. The van der Waals surface area contributed by atoms with Crippen LogP contribution in [-0.2, 0) is 4.79 Å². The third-order valence-electron chi connectivity index (χ3n) is 3.70. The van der Waals surface area contributed by atoms with E-state index in [2.05, 4.69) is 4.90 Å². The third kappa shape index (κ3) is 3.14. The summed E-state index contributed by atoms with van der Waals surface area (Å²) in [5.41, 5.74) is 1.05. The number of carbonyl (C=O) groups is 1. The molecule has 1 aliphatic rings. The lowest BCUT2D eigenvalue weighted by atomic mass is 9.97. The van der Waals surface area contributed by atoms with E-state index in [9.17, 15) is 14.9 Å². The van der Waals surface area contributed by atoms with Crippen LogP contribution in [0.4, 0.5) is 5.69 Å². The Morgan fingerprint density at radius 3 is 3.00 bits per heavy atom. The first kappa shape index (κ1) is 14.5. The van der Waals surface area contributed by atoms with Crippen molar-refractivity contribution in [2.24, 2.45) is 0 Å². The molecule has 0 spiro atoms. The molecule has 0 bridgehead atoms. The summed E-state index contributed by atoms with van der Waals surface area (Å²) in [4.78, 5) is 23.0. The zero-order chi connectivity index (χ0) is 14.5. The third-order valence-corrected chi connectivity index (χ3v) is 3.70. The molecule has 1 aliphatic heterocycles. The molecule has 0 saturated carbocycles. The van der Waals surface area contributed by atoms with Gasteiger partial charge in [-0.2, -0.15) is 0 Å². The number of benzene rings is 1. The summed E-state index contributed by atoms with van der Waals surface area (Å²) in [6.45, 7) is 2.58. The number of methoxy groups -OCH3 is 1. The highest BCUT2D eigenvalue weighted by molar-refractivity contribution is 5.49. The number of hydrogen-bond acceptors (Lipinski definition) is 5. The van der Waals surface area contributed by atoms with Crippen LogP contribution in [0.15, 0.2) is 18.2 Å². The van der Waals surface area contributed by atoms with Crippen LogP contribution in [0.5, 0.6) is 5.75 Å². The Hall–Kier alpha value is -1.95. The van der Waals surface area contributed by atoms with Gasteiger partial charge in [0, 0.05) is 31.5 Å². The van der Waals surface area contributed by atoms with E-state index >= 15 is 0 Å². The van der Waals surface area contributed by atoms with Gasteiger partial charge in [-0.3, -0.25) is 10.1 Å². The highest BCUT2D eigenvalue weighted by Crippen LogP contribution is 2.35. The van der Waals surface area contributed by atoms with Crippen molar-refractivity contribution in [3.63, 3.8) is 0 Å². The van der Waals surface area contributed by atoms with E-state index in [-0.39, 0.29) is 5.69 Å². The number of ether oxygens (including phenoxy) is 1. The quantitative estimate of drug-likeness (QED) is 0.452. The average Bonchev–Trinajstić information content (AvgIpc) is 2.92. The van der Waals surface area contributed by atoms with Gasteiger partial charge in [0.2, 0.25) is 0 Å². The molecule has 108 valence electrons. The van der Waals surface area contributed by atoms with Crippen LogP contribution in [0.25, 0.3) is 0 Å². The molecule has 0 N–H and O–H groups in total. The maximum Gasteiger partial charge on any atom is 0.273 e. The van der Waals surface area contributed by atoms with Crippen molar-refractivity contribution in [3.05, 3.63) is 33.9 Å². The summed E-state index contributed by atoms with van der Waals surface area (Å²) in [6, 6.07) is 4.78. The number of hydrogen-bond donors (Lipinski definition) is 0. The Balaban J connectivity index is 2.13. The van der Waals surface area contributed by atoms with Crippen molar-refractivity contribution in [3.8, 4) is 5.75 Å². The fourth-order valence-corrected chi connectivity index (χ4v) is 2.68. The smallest absolute Gasteiger partial charge is 0.273 e. The molecule has 1 saturated heterocycles. The average molecular weight is 278 g/mol. The predicted octanol–water partition coefficient (Wildman–Crippen LogP) is 1.98. The summed E-state index contributed by atoms with van der Waals surface area (Å²) in [7, 11) is 1.53. The van der Waals surface area contributed by atoms with E-state index in [1.54, 1.807) is 6.07 Å². The van der Waals surface area contributed by atoms with E-state index in [1.807, 2.05) is 0 Å². The molecular formula is C14H18N2O4. The van der Waals surface area contributed by atoms with Gasteiger partial charge < -0.3 is 14.4 Å². The van der Waals surface area contributed by atoms with Crippen molar-refractivity contribution in [1.29, 1.82) is 0 Å². The maximum absolute atomic E-state index is 10.8. The molecule has 0 amide bonds. The normalized spacial score (nSPS) is 18.9. The second-order valence-electron chi connectivity index (χ2n) is 4.92. The van der Waals surface area contributed by atoms with Gasteiger partial charge in [-0.1, -0.05) is 0 Å². The second kappa shape index (κ2) is 6.47. The van der Waals surface area contributed by atoms with Gasteiger partial charge in [-0.15, -0.1) is 0 Å². The van der Waals surface area contributed by atoms with Gasteiger partial charge in [0.25, 0.3) is 5.69 Å². The highest BCUT2D eigenvalue weighted by Gasteiger charge is 2.26. The lowest BCUT2D eigenvalue weighted by Gasteiger charge is -2.16. The molecule has 0 aromatic heterocycles. The summed E-state index contributed by atoms with van der Waals surface area (Å²) < 4.78 is 5.29. The summed E-state index contributed by atoms with van der Waals surface area (Å²) in [5, 5.41) is 10.8. The van der Waals surface area contributed by atoms with Crippen molar-refractivity contribution in [2.45, 2.75) is 18.8 Å². The highest BCUT2D eigenvalue weighted by atomic mass is 16.6. The SMILES string of the molecule is COc1cc([N+](=O)[O-])ccc1C1CCN(CCC=O)C1. The number of carbonyl (C=O) groups excluding carboxylic acids is 1. The molecular weight excluding hydrogens is 260 g/mol. The summed E-state index contributed by atoms with van der Waals surface area (Å²) in [6.07, 6.45) is 2.46. The molecule has 20 heavy (non-hydrogen) atoms. The van der Waals surface area contributed by atoms with Crippen LogP contribution in [-0.4, -0.2) is 42.9 Å². The molecule has 1 unspecified atom stereocenters. The first-order valence-electron chi connectivity index (χ1n) is 6.64. The van der Waals surface area contributed by atoms with Gasteiger partial charge >= 0.3 is 0 Å². The molecule has 1 atom stereocenters. The zero-order valence-corrected chi connectivity index (χ0v) is 11.4. The Kier molecular flexibility index (Phi) is 4.68. The molecule has 1 aromatic carbocycles. The van der Waals surface area contributed by atoms with E-state index in [0.717, 1.165) is 37.9 Å². The molecule has 6 heteroatoms. The molecule has 1 aromatic rings. The Bertz CT molecular complexity index is 504. The van der Waals surface area contributed by atoms with Crippen LogP contribution in [0.2, 0.25) is 0 Å². The Morgan fingerprint density at radius 2 is 2.35 bits per heavy atom. The van der Waals surface area contributed by atoms with Gasteiger partial charge in [0.1, 0.15) is 12.0 Å². The fourth-order valence-electron chi connectivity index (χ4n) is 2.68. The van der Waals surface area contributed by atoms with Gasteiger partial charge in [0.05, 0.1) is 18.1 Å².